The summed E-state index contributed by atoms with van der Waals surface area (Å²) in [6.07, 6.45) is 7.35. The molecule has 8 heteroatoms. The van der Waals surface area contributed by atoms with E-state index in [9.17, 15) is 9.59 Å². The van der Waals surface area contributed by atoms with Gasteiger partial charge in [-0.2, -0.15) is 5.26 Å². The number of nitrogens with zero attached hydrogens (tertiary/aromatic N) is 1. The molecule has 2 N–H and O–H groups in total. The monoisotopic (exact) mass is 451 g/mol. The smallest absolute Gasteiger partial charge is 0.269 e. The standard InChI is InChI=1S/C25H29N3O5/c1-3-4-5-6-16-32-21-11-9-20(10-12-21)25(30)28-27-24(29)14-8-19-7-13-22(33-17-15-26)23(18-19)31-2/h7-14,18H,3-6,16-17H2,1-2H3,(H,27,29)(H,28,30)/b14-8+. The molecule has 0 saturated carbocycles. The van der Waals surface area contributed by atoms with Gasteiger partial charge in [-0.1, -0.05) is 32.3 Å². The second-order valence-electron chi connectivity index (χ2n) is 7.07. The molecular formula is C25H29N3O5. The fourth-order valence-corrected chi connectivity index (χ4v) is 2.84. The van der Waals surface area contributed by atoms with E-state index >= 15 is 0 Å². The van der Waals surface area contributed by atoms with Crippen LogP contribution in [0.25, 0.3) is 6.08 Å². The van der Waals surface area contributed by atoms with Crippen LogP contribution in [-0.2, 0) is 4.79 Å². The predicted molar refractivity (Wildman–Crippen MR) is 125 cm³/mol. The van der Waals surface area contributed by atoms with Gasteiger partial charge < -0.3 is 14.2 Å². The Balaban J connectivity index is 1.81. The lowest BCUT2D eigenvalue weighted by Crippen LogP contribution is -2.40. The van der Waals surface area contributed by atoms with E-state index in [2.05, 4.69) is 17.8 Å². The van der Waals surface area contributed by atoms with Crippen LogP contribution in [0.3, 0.4) is 0 Å². The first-order valence-corrected chi connectivity index (χ1v) is 10.8. The number of nitriles is 1. The number of rotatable bonds is 12. The molecule has 174 valence electrons. The van der Waals surface area contributed by atoms with Crippen molar-refractivity contribution in [2.45, 2.75) is 32.6 Å². The summed E-state index contributed by atoms with van der Waals surface area (Å²) in [5.74, 6) is 0.635. The van der Waals surface area contributed by atoms with Crippen molar-refractivity contribution in [1.82, 2.24) is 10.9 Å². The van der Waals surface area contributed by atoms with Gasteiger partial charge in [-0.3, -0.25) is 20.4 Å². The number of benzene rings is 2. The quantitative estimate of drug-likeness (QED) is 0.286. The lowest BCUT2D eigenvalue weighted by Gasteiger charge is -2.09. The van der Waals surface area contributed by atoms with Crippen molar-refractivity contribution in [3.8, 4) is 23.3 Å². The van der Waals surface area contributed by atoms with Crippen molar-refractivity contribution in [2.24, 2.45) is 0 Å². The topological polar surface area (TPSA) is 110 Å². The Bertz CT molecular complexity index is 981. The van der Waals surface area contributed by atoms with Crippen LogP contribution in [0, 0.1) is 11.3 Å². The summed E-state index contributed by atoms with van der Waals surface area (Å²) >= 11 is 0. The Kier molecular flexibility index (Phi) is 10.8. The van der Waals surface area contributed by atoms with Crippen molar-refractivity contribution >= 4 is 17.9 Å². The maximum absolute atomic E-state index is 12.2. The highest BCUT2D eigenvalue weighted by molar-refractivity contribution is 5.98. The number of unbranched alkanes of at least 4 members (excludes halogenated alkanes) is 3. The van der Waals surface area contributed by atoms with E-state index in [4.69, 9.17) is 19.5 Å². The van der Waals surface area contributed by atoms with Gasteiger partial charge in [0.1, 0.15) is 11.8 Å². The Morgan fingerprint density at radius 1 is 1.00 bits per heavy atom. The second kappa shape index (κ2) is 14.1. The van der Waals surface area contributed by atoms with E-state index in [1.165, 1.54) is 26.0 Å². The lowest BCUT2D eigenvalue weighted by atomic mass is 10.2. The van der Waals surface area contributed by atoms with Crippen LogP contribution in [-0.4, -0.2) is 32.1 Å². The van der Waals surface area contributed by atoms with Crippen molar-refractivity contribution in [3.63, 3.8) is 0 Å². The van der Waals surface area contributed by atoms with Crippen LogP contribution in [0.4, 0.5) is 0 Å². The molecule has 0 aliphatic heterocycles. The van der Waals surface area contributed by atoms with Crippen LogP contribution >= 0.6 is 0 Å². The zero-order chi connectivity index (χ0) is 23.9. The minimum absolute atomic E-state index is 0.0948. The molecule has 2 aromatic carbocycles. The number of carbonyl (C=O) groups excluding carboxylic acids is 2. The number of hydrogen-bond donors (Lipinski definition) is 2. The third-order valence-corrected chi connectivity index (χ3v) is 4.59. The molecule has 2 aromatic rings. The molecule has 0 aliphatic carbocycles. The molecule has 0 bridgehead atoms. The van der Waals surface area contributed by atoms with Gasteiger partial charge in [0.2, 0.25) is 0 Å². The predicted octanol–water partition coefficient (Wildman–Crippen LogP) is 4.03. The molecule has 0 heterocycles. The lowest BCUT2D eigenvalue weighted by molar-refractivity contribution is -0.117. The third-order valence-electron chi connectivity index (χ3n) is 4.59. The summed E-state index contributed by atoms with van der Waals surface area (Å²) in [7, 11) is 1.48. The number of ether oxygens (including phenoxy) is 3. The molecule has 2 amide bonds. The Morgan fingerprint density at radius 2 is 1.79 bits per heavy atom. The van der Waals surface area contributed by atoms with E-state index < -0.39 is 11.8 Å². The highest BCUT2D eigenvalue weighted by atomic mass is 16.5. The fraction of sp³-hybridized carbons (Fsp3) is 0.320. The maximum Gasteiger partial charge on any atom is 0.269 e. The van der Waals surface area contributed by atoms with Gasteiger partial charge in [-0.15, -0.1) is 0 Å². The normalized spacial score (nSPS) is 10.3. The first kappa shape index (κ1) is 25.3. The molecule has 0 aliphatic rings. The van der Waals surface area contributed by atoms with Crippen molar-refractivity contribution in [2.75, 3.05) is 20.3 Å². The zero-order valence-electron chi connectivity index (χ0n) is 18.9. The van der Waals surface area contributed by atoms with E-state index in [-0.39, 0.29) is 6.61 Å². The molecule has 0 atom stereocenters. The molecular weight excluding hydrogens is 422 g/mol. The van der Waals surface area contributed by atoms with Crippen molar-refractivity contribution < 1.29 is 23.8 Å². The maximum atomic E-state index is 12.2. The molecule has 0 unspecified atom stereocenters. The third kappa shape index (κ3) is 8.95. The molecule has 0 aromatic heterocycles. The zero-order valence-corrected chi connectivity index (χ0v) is 18.9. The molecule has 0 spiro atoms. The summed E-state index contributed by atoms with van der Waals surface area (Å²) in [4.78, 5) is 24.3. The van der Waals surface area contributed by atoms with E-state index in [1.54, 1.807) is 48.5 Å². The second-order valence-corrected chi connectivity index (χ2v) is 7.07. The Morgan fingerprint density at radius 3 is 2.48 bits per heavy atom. The number of carbonyl (C=O) groups is 2. The molecule has 8 nitrogen and oxygen atoms in total. The van der Waals surface area contributed by atoms with Gasteiger partial charge in [-0.05, 0) is 54.5 Å². The summed E-state index contributed by atoms with van der Waals surface area (Å²) in [5, 5.41) is 8.61. The first-order chi connectivity index (χ1) is 16.1. The molecule has 0 radical (unpaired) electrons. The largest absolute Gasteiger partial charge is 0.494 e. The summed E-state index contributed by atoms with van der Waals surface area (Å²) < 4.78 is 16.2. The van der Waals surface area contributed by atoms with Gasteiger partial charge in [0, 0.05) is 11.6 Å². The average molecular weight is 452 g/mol. The number of nitrogens with one attached hydrogen (secondary N) is 2. The highest BCUT2D eigenvalue weighted by Gasteiger charge is 2.07. The average Bonchev–Trinajstić information content (AvgIpc) is 2.85. The minimum atomic E-state index is -0.501. The highest BCUT2D eigenvalue weighted by Crippen LogP contribution is 2.28. The minimum Gasteiger partial charge on any atom is -0.494 e. The van der Waals surface area contributed by atoms with Gasteiger partial charge in [-0.25, -0.2) is 0 Å². The van der Waals surface area contributed by atoms with Crippen LogP contribution < -0.4 is 25.1 Å². The summed E-state index contributed by atoms with van der Waals surface area (Å²) in [5.41, 5.74) is 5.79. The number of hydrogen-bond acceptors (Lipinski definition) is 6. The van der Waals surface area contributed by atoms with Crippen molar-refractivity contribution in [3.05, 3.63) is 59.7 Å². The Hall–Kier alpha value is -3.99. The summed E-state index contributed by atoms with van der Waals surface area (Å²) in [6.45, 7) is 2.72. The molecule has 33 heavy (non-hydrogen) atoms. The van der Waals surface area contributed by atoms with Crippen LogP contribution in [0.5, 0.6) is 17.2 Å². The summed E-state index contributed by atoms with van der Waals surface area (Å²) in [6, 6.07) is 13.7. The van der Waals surface area contributed by atoms with E-state index in [0.29, 0.717) is 35.0 Å². The van der Waals surface area contributed by atoms with E-state index in [0.717, 1.165) is 12.8 Å². The number of methoxy groups -OCH3 is 1. The Labute approximate surface area is 194 Å². The van der Waals surface area contributed by atoms with Crippen LogP contribution in [0.2, 0.25) is 0 Å². The number of hydrazine groups is 1. The van der Waals surface area contributed by atoms with Gasteiger partial charge in [0.05, 0.1) is 13.7 Å². The van der Waals surface area contributed by atoms with Gasteiger partial charge in [0.15, 0.2) is 18.1 Å². The van der Waals surface area contributed by atoms with Gasteiger partial charge in [0.25, 0.3) is 11.8 Å². The van der Waals surface area contributed by atoms with Gasteiger partial charge >= 0.3 is 0 Å². The molecule has 2 rings (SSSR count). The first-order valence-electron chi connectivity index (χ1n) is 10.8. The van der Waals surface area contributed by atoms with Crippen LogP contribution in [0.15, 0.2) is 48.5 Å². The van der Waals surface area contributed by atoms with Crippen molar-refractivity contribution in [1.29, 1.82) is 5.26 Å². The van der Waals surface area contributed by atoms with Crippen LogP contribution in [0.1, 0.15) is 48.5 Å². The fourth-order valence-electron chi connectivity index (χ4n) is 2.84. The molecule has 0 saturated heterocycles. The number of amides is 2. The van der Waals surface area contributed by atoms with E-state index in [1.807, 2.05) is 6.07 Å². The SMILES string of the molecule is CCCCCCOc1ccc(C(=O)NNC(=O)/C=C/c2ccc(OCC#N)c(OC)c2)cc1. The molecule has 0 fully saturated rings.